The number of nitrogens with one attached hydrogen (secondary N) is 1. The van der Waals surface area contributed by atoms with Gasteiger partial charge >= 0.3 is 0 Å². The van der Waals surface area contributed by atoms with E-state index in [1.807, 2.05) is 19.1 Å². The van der Waals surface area contributed by atoms with Crippen molar-refractivity contribution in [2.45, 2.75) is 19.5 Å². The second-order valence-corrected chi connectivity index (χ2v) is 4.55. The van der Waals surface area contributed by atoms with Crippen LogP contribution in [0, 0.1) is 5.82 Å². The van der Waals surface area contributed by atoms with Crippen LogP contribution in [0.3, 0.4) is 0 Å². The van der Waals surface area contributed by atoms with E-state index in [0.29, 0.717) is 12.1 Å². The van der Waals surface area contributed by atoms with Gasteiger partial charge < -0.3 is 11.1 Å². The fraction of sp³-hybridized carbons (Fsp3) is 0.200. The first-order valence-electron chi connectivity index (χ1n) is 6.29. The van der Waals surface area contributed by atoms with Crippen LogP contribution in [0.15, 0.2) is 42.7 Å². The molecule has 1 aromatic heterocycles. The number of halogens is 1. The molecule has 3 N–H and O–H groups in total. The lowest BCUT2D eigenvalue weighted by molar-refractivity contribution is 0.1000. The molecule has 0 aliphatic carbocycles. The third-order valence-corrected chi connectivity index (χ3v) is 3.14. The predicted molar refractivity (Wildman–Crippen MR) is 74.4 cm³/mol. The van der Waals surface area contributed by atoms with Crippen LogP contribution in [0.1, 0.15) is 34.5 Å². The zero-order valence-corrected chi connectivity index (χ0v) is 11.1. The van der Waals surface area contributed by atoms with Gasteiger partial charge in [0.25, 0.3) is 0 Å². The number of carbonyl (C=O) groups excluding carboxylic acids is 1. The van der Waals surface area contributed by atoms with Crippen LogP contribution in [0.5, 0.6) is 0 Å². The van der Waals surface area contributed by atoms with Crippen LogP contribution < -0.4 is 11.1 Å². The molecule has 1 heterocycles. The summed E-state index contributed by atoms with van der Waals surface area (Å²) in [6.07, 6.45) is 3.44. The Morgan fingerprint density at radius 3 is 2.65 bits per heavy atom. The van der Waals surface area contributed by atoms with E-state index in [1.54, 1.807) is 18.5 Å². The lowest BCUT2D eigenvalue weighted by Gasteiger charge is -2.14. The summed E-state index contributed by atoms with van der Waals surface area (Å²) in [5.74, 6) is -1.07. The van der Waals surface area contributed by atoms with E-state index in [0.717, 1.165) is 11.6 Å². The summed E-state index contributed by atoms with van der Waals surface area (Å²) in [6.45, 7) is 2.36. The van der Waals surface area contributed by atoms with Crippen molar-refractivity contribution >= 4 is 5.91 Å². The number of rotatable bonds is 5. The fourth-order valence-electron chi connectivity index (χ4n) is 1.88. The first-order valence-corrected chi connectivity index (χ1v) is 6.29. The van der Waals surface area contributed by atoms with Gasteiger partial charge in [0.15, 0.2) is 0 Å². The molecule has 4 nitrogen and oxygen atoms in total. The van der Waals surface area contributed by atoms with E-state index in [4.69, 9.17) is 5.73 Å². The lowest BCUT2D eigenvalue weighted by Crippen LogP contribution is -2.19. The average Bonchev–Trinajstić information content (AvgIpc) is 2.46. The monoisotopic (exact) mass is 273 g/mol. The Hall–Kier alpha value is -2.27. The van der Waals surface area contributed by atoms with Gasteiger partial charge in [-0.15, -0.1) is 0 Å². The van der Waals surface area contributed by atoms with Crippen LogP contribution in [0.25, 0.3) is 0 Å². The molecule has 5 heteroatoms. The number of pyridine rings is 1. The van der Waals surface area contributed by atoms with Crippen molar-refractivity contribution in [3.05, 3.63) is 65.2 Å². The molecule has 0 saturated carbocycles. The van der Waals surface area contributed by atoms with Crippen molar-refractivity contribution in [2.75, 3.05) is 0 Å². The van der Waals surface area contributed by atoms with Crippen molar-refractivity contribution < 1.29 is 9.18 Å². The second-order valence-electron chi connectivity index (χ2n) is 4.55. The third kappa shape index (κ3) is 3.39. The summed E-state index contributed by atoms with van der Waals surface area (Å²) in [5.41, 5.74) is 6.85. The second kappa shape index (κ2) is 6.25. The first kappa shape index (κ1) is 14.1. The topological polar surface area (TPSA) is 68.0 Å². The van der Waals surface area contributed by atoms with Gasteiger partial charge in [-0.2, -0.15) is 0 Å². The van der Waals surface area contributed by atoms with Crippen molar-refractivity contribution in [3.8, 4) is 0 Å². The van der Waals surface area contributed by atoms with E-state index in [2.05, 4.69) is 10.3 Å². The fourth-order valence-corrected chi connectivity index (χ4v) is 1.88. The Bertz CT molecular complexity index is 601. The zero-order chi connectivity index (χ0) is 14.5. The largest absolute Gasteiger partial charge is 0.366 e. The van der Waals surface area contributed by atoms with Crippen LogP contribution in [-0.4, -0.2) is 10.9 Å². The number of hydrogen-bond donors (Lipinski definition) is 2. The predicted octanol–water partition coefficient (Wildman–Crippen LogP) is 2.17. The molecule has 0 aliphatic rings. The zero-order valence-electron chi connectivity index (χ0n) is 11.1. The third-order valence-electron chi connectivity index (χ3n) is 3.14. The SMILES string of the molecule is C[C@@H](NCc1ccc(C(N)=O)cc1F)c1ccncc1. The smallest absolute Gasteiger partial charge is 0.248 e. The van der Waals surface area contributed by atoms with Crippen LogP contribution in [0.4, 0.5) is 4.39 Å². The van der Waals surface area contributed by atoms with Gasteiger partial charge in [-0.1, -0.05) is 6.07 Å². The van der Waals surface area contributed by atoms with Crippen molar-refractivity contribution in [1.29, 1.82) is 0 Å². The van der Waals surface area contributed by atoms with E-state index >= 15 is 0 Å². The molecule has 0 fully saturated rings. The highest BCUT2D eigenvalue weighted by molar-refractivity contribution is 5.92. The standard InChI is InChI=1S/C15H16FN3O/c1-10(11-4-6-18-7-5-11)19-9-13-3-2-12(15(17)20)8-14(13)16/h2-8,10,19H,9H2,1H3,(H2,17,20)/t10-/m1/s1. The Balaban J connectivity index is 2.02. The van der Waals surface area contributed by atoms with Crippen LogP contribution in [-0.2, 0) is 6.54 Å². The Kier molecular flexibility index (Phi) is 4.42. The van der Waals surface area contributed by atoms with Gasteiger partial charge in [-0.25, -0.2) is 4.39 Å². The number of nitrogens with zero attached hydrogens (tertiary/aromatic N) is 1. The molecular weight excluding hydrogens is 257 g/mol. The molecule has 0 unspecified atom stereocenters. The molecule has 1 aromatic carbocycles. The number of amides is 1. The number of hydrogen-bond acceptors (Lipinski definition) is 3. The maximum absolute atomic E-state index is 13.8. The number of nitrogens with two attached hydrogens (primary N) is 1. The molecule has 0 spiro atoms. The van der Waals surface area contributed by atoms with Crippen LogP contribution >= 0.6 is 0 Å². The van der Waals surface area contributed by atoms with E-state index in [1.165, 1.54) is 6.07 Å². The number of carbonyl (C=O) groups is 1. The van der Waals surface area contributed by atoms with Crippen LogP contribution in [0.2, 0.25) is 0 Å². The van der Waals surface area contributed by atoms with E-state index in [-0.39, 0.29) is 11.6 Å². The Morgan fingerprint density at radius 2 is 2.05 bits per heavy atom. The molecule has 0 saturated heterocycles. The Morgan fingerprint density at radius 1 is 1.35 bits per heavy atom. The van der Waals surface area contributed by atoms with Gasteiger partial charge in [-0.05, 0) is 36.8 Å². The van der Waals surface area contributed by atoms with Crippen molar-refractivity contribution in [2.24, 2.45) is 5.73 Å². The van der Waals surface area contributed by atoms with Crippen molar-refractivity contribution in [3.63, 3.8) is 0 Å². The molecule has 0 bridgehead atoms. The first-order chi connectivity index (χ1) is 9.58. The normalized spacial score (nSPS) is 12.1. The van der Waals surface area contributed by atoms with Crippen molar-refractivity contribution in [1.82, 2.24) is 10.3 Å². The quantitative estimate of drug-likeness (QED) is 0.877. The summed E-state index contributed by atoms with van der Waals surface area (Å²) in [6, 6.07) is 8.15. The average molecular weight is 273 g/mol. The Labute approximate surface area is 116 Å². The van der Waals surface area contributed by atoms with E-state index in [9.17, 15) is 9.18 Å². The molecule has 0 aliphatic heterocycles. The summed E-state index contributed by atoms with van der Waals surface area (Å²) >= 11 is 0. The molecule has 0 radical (unpaired) electrons. The minimum Gasteiger partial charge on any atom is -0.366 e. The highest BCUT2D eigenvalue weighted by Crippen LogP contribution is 2.14. The summed E-state index contributed by atoms with van der Waals surface area (Å²) in [7, 11) is 0. The molecule has 1 atom stereocenters. The summed E-state index contributed by atoms with van der Waals surface area (Å²) < 4.78 is 13.8. The van der Waals surface area contributed by atoms with E-state index < -0.39 is 11.7 Å². The lowest BCUT2D eigenvalue weighted by atomic mass is 10.1. The maximum Gasteiger partial charge on any atom is 0.248 e. The minimum atomic E-state index is -0.631. The van der Waals surface area contributed by atoms with Gasteiger partial charge in [0.05, 0.1) is 0 Å². The number of aromatic nitrogens is 1. The van der Waals surface area contributed by atoms with Gasteiger partial charge in [-0.3, -0.25) is 9.78 Å². The summed E-state index contributed by atoms with van der Waals surface area (Å²) in [5, 5.41) is 3.22. The highest BCUT2D eigenvalue weighted by Gasteiger charge is 2.09. The number of primary amides is 1. The van der Waals surface area contributed by atoms with Gasteiger partial charge in [0.2, 0.25) is 5.91 Å². The minimum absolute atomic E-state index is 0.0771. The number of benzene rings is 1. The van der Waals surface area contributed by atoms with Gasteiger partial charge in [0, 0.05) is 36.1 Å². The van der Waals surface area contributed by atoms with Gasteiger partial charge in [0.1, 0.15) is 5.82 Å². The summed E-state index contributed by atoms with van der Waals surface area (Å²) in [4.78, 5) is 14.9. The molecule has 104 valence electrons. The molecule has 20 heavy (non-hydrogen) atoms. The molecule has 1 amide bonds. The molecular formula is C15H16FN3O. The highest BCUT2D eigenvalue weighted by atomic mass is 19.1. The molecule has 2 rings (SSSR count). The maximum atomic E-state index is 13.8. The molecule has 2 aromatic rings.